The van der Waals surface area contributed by atoms with Crippen LogP contribution in [0.3, 0.4) is 0 Å². The van der Waals surface area contributed by atoms with E-state index in [0.29, 0.717) is 35.1 Å². The number of ether oxygens (including phenoxy) is 1. The summed E-state index contributed by atoms with van der Waals surface area (Å²) in [6.45, 7) is 0.556. The molecule has 3 aromatic heterocycles. The molecule has 11 nitrogen and oxygen atoms in total. The molecule has 4 aromatic rings. The lowest BCUT2D eigenvalue weighted by molar-refractivity contribution is 0.0692. The molecule has 1 aliphatic rings. The fraction of sp³-hybridized carbons (Fsp3) is 0.261. The van der Waals surface area contributed by atoms with Crippen molar-refractivity contribution in [1.29, 1.82) is 0 Å². The van der Waals surface area contributed by atoms with Crippen LogP contribution in [0, 0.1) is 0 Å². The monoisotopic (exact) mass is 493 g/mol. The quantitative estimate of drug-likeness (QED) is 0.321. The predicted octanol–water partition coefficient (Wildman–Crippen LogP) is 3.16. The summed E-state index contributed by atoms with van der Waals surface area (Å²) in [5.74, 6) is -0.265. The highest BCUT2D eigenvalue weighted by Gasteiger charge is 2.26. The topological polar surface area (TPSA) is 134 Å². The molecule has 1 aliphatic carbocycles. The maximum atomic E-state index is 12.8. The van der Waals surface area contributed by atoms with Crippen LogP contribution in [-0.2, 0) is 6.54 Å². The summed E-state index contributed by atoms with van der Waals surface area (Å²) >= 11 is 1.03. The van der Waals surface area contributed by atoms with Gasteiger partial charge >= 0.3 is 5.97 Å². The molecule has 35 heavy (non-hydrogen) atoms. The zero-order chi connectivity index (χ0) is 24.5. The number of hydrogen-bond acceptors (Lipinski definition) is 9. The summed E-state index contributed by atoms with van der Waals surface area (Å²) in [6.07, 6.45) is 3.42. The van der Waals surface area contributed by atoms with Crippen molar-refractivity contribution in [3.8, 4) is 5.75 Å². The number of anilines is 3. The number of amides is 1. The Balaban J connectivity index is 1.53. The van der Waals surface area contributed by atoms with Crippen molar-refractivity contribution in [2.75, 3.05) is 24.4 Å². The first-order valence-electron chi connectivity index (χ1n) is 10.9. The Morgan fingerprint density at radius 2 is 2.06 bits per heavy atom. The van der Waals surface area contributed by atoms with Crippen molar-refractivity contribution in [3.63, 3.8) is 0 Å². The summed E-state index contributed by atoms with van der Waals surface area (Å²) in [7, 11) is 3.54. The lowest BCUT2D eigenvalue weighted by Crippen LogP contribution is -2.27. The summed E-state index contributed by atoms with van der Waals surface area (Å²) < 4.78 is 10.6. The molecule has 0 bridgehead atoms. The van der Waals surface area contributed by atoms with Crippen molar-refractivity contribution in [3.05, 3.63) is 58.9 Å². The summed E-state index contributed by atoms with van der Waals surface area (Å²) in [5.41, 5.74) is 2.80. The van der Waals surface area contributed by atoms with E-state index < -0.39 is 5.97 Å². The van der Waals surface area contributed by atoms with Gasteiger partial charge in [0.05, 0.1) is 24.7 Å². The van der Waals surface area contributed by atoms with Gasteiger partial charge in [-0.3, -0.25) is 4.79 Å². The Morgan fingerprint density at radius 3 is 2.74 bits per heavy atom. The molecule has 1 amide bonds. The number of carbonyl (C=O) groups excluding carboxylic acids is 1. The van der Waals surface area contributed by atoms with Gasteiger partial charge in [0.1, 0.15) is 5.75 Å². The highest BCUT2D eigenvalue weighted by Crippen LogP contribution is 2.29. The van der Waals surface area contributed by atoms with Gasteiger partial charge in [-0.25, -0.2) is 14.3 Å². The molecular weight excluding hydrogens is 470 g/mol. The first-order chi connectivity index (χ1) is 16.9. The Hall–Kier alpha value is -4.19. The summed E-state index contributed by atoms with van der Waals surface area (Å²) in [4.78, 5) is 30.8. The molecule has 0 atom stereocenters. The Labute approximate surface area is 204 Å². The van der Waals surface area contributed by atoms with Crippen LogP contribution in [0.15, 0.2) is 41.9 Å². The van der Waals surface area contributed by atoms with Gasteiger partial charge < -0.3 is 25.4 Å². The predicted molar refractivity (Wildman–Crippen MR) is 131 cm³/mol. The molecule has 1 saturated carbocycles. The second kappa shape index (κ2) is 9.22. The molecule has 1 fully saturated rings. The van der Waals surface area contributed by atoms with Crippen LogP contribution in [0.25, 0.3) is 5.65 Å². The minimum atomic E-state index is -1.14. The maximum Gasteiger partial charge on any atom is 0.357 e. The molecule has 0 unspecified atom stereocenters. The molecule has 0 aliphatic heterocycles. The number of benzene rings is 1. The number of aromatic nitrogens is 4. The summed E-state index contributed by atoms with van der Waals surface area (Å²) in [6, 6.07) is 9.70. The molecule has 3 N–H and O–H groups in total. The van der Waals surface area contributed by atoms with Crippen LogP contribution in [0.5, 0.6) is 5.75 Å². The van der Waals surface area contributed by atoms with Crippen LogP contribution in [0.1, 0.15) is 39.4 Å². The SMILES string of the molecule is COc1ccc(CN(C)c2cc(Nc3csnc3C(=O)O)nn3c(C(=O)NC4CC4)cnc23)cc1. The van der Waals surface area contributed by atoms with Gasteiger partial charge in [-0.2, -0.15) is 4.37 Å². The molecular formula is C23H23N7O4S. The van der Waals surface area contributed by atoms with Gasteiger partial charge in [-0.15, -0.1) is 5.10 Å². The number of aromatic carboxylic acids is 1. The molecule has 0 spiro atoms. The van der Waals surface area contributed by atoms with Gasteiger partial charge in [-0.05, 0) is 42.1 Å². The summed E-state index contributed by atoms with van der Waals surface area (Å²) in [5, 5.41) is 21.6. The van der Waals surface area contributed by atoms with E-state index in [0.717, 1.165) is 35.7 Å². The molecule has 180 valence electrons. The van der Waals surface area contributed by atoms with E-state index in [-0.39, 0.29) is 17.6 Å². The van der Waals surface area contributed by atoms with Crippen molar-refractivity contribution in [2.24, 2.45) is 0 Å². The Morgan fingerprint density at radius 1 is 1.29 bits per heavy atom. The van der Waals surface area contributed by atoms with Crippen molar-refractivity contribution in [2.45, 2.75) is 25.4 Å². The lowest BCUT2D eigenvalue weighted by Gasteiger charge is -2.21. The number of fused-ring (bicyclic) bond motifs is 1. The maximum absolute atomic E-state index is 12.8. The minimum absolute atomic E-state index is 0.0950. The highest BCUT2D eigenvalue weighted by atomic mass is 32.1. The second-order valence-corrected chi connectivity index (χ2v) is 8.88. The minimum Gasteiger partial charge on any atom is -0.497 e. The van der Waals surface area contributed by atoms with Gasteiger partial charge in [0.2, 0.25) is 0 Å². The van der Waals surface area contributed by atoms with Gasteiger partial charge in [-0.1, -0.05) is 12.1 Å². The standard InChI is InChI=1S/C23H23N7O4S/c1-29(11-13-3-7-15(34-2)8-4-13)17-9-19(26-16-12-35-28-20(16)23(32)33)27-30-18(10-24-21(17)30)22(31)25-14-5-6-14/h3-4,7-10,12,14H,5-6,11H2,1-2H3,(H,25,31)(H,26,27)(H,32,33). The van der Waals surface area contributed by atoms with E-state index in [4.69, 9.17) is 4.74 Å². The average molecular weight is 494 g/mol. The molecule has 12 heteroatoms. The number of rotatable bonds is 9. The van der Waals surface area contributed by atoms with Gasteiger partial charge in [0.25, 0.3) is 5.91 Å². The third kappa shape index (κ3) is 4.73. The Bertz CT molecular complexity index is 1390. The van der Waals surface area contributed by atoms with Gasteiger partial charge in [0, 0.05) is 31.1 Å². The van der Waals surface area contributed by atoms with Crippen molar-refractivity contribution in [1.82, 2.24) is 24.3 Å². The molecule has 0 radical (unpaired) electrons. The van der Waals surface area contributed by atoms with Crippen LogP contribution in [0.2, 0.25) is 0 Å². The van der Waals surface area contributed by atoms with E-state index in [2.05, 4.69) is 25.1 Å². The molecule has 0 saturated heterocycles. The average Bonchev–Trinajstić information content (AvgIpc) is 3.36. The van der Waals surface area contributed by atoms with Gasteiger partial charge in [0.15, 0.2) is 22.9 Å². The first kappa shape index (κ1) is 22.6. The van der Waals surface area contributed by atoms with Crippen molar-refractivity contribution >= 4 is 46.2 Å². The number of nitrogens with zero attached hydrogens (tertiary/aromatic N) is 5. The molecule has 5 rings (SSSR count). The molecule has 3 heterocycles. The second-order valence-electron chi connectivity index (χ2n) is 8.25. The van der Waals surface area contributed by atoms with Crippen LogP contribution in [0.4, 0.5) is 17.2 Å². The number of carboxylic acids is 1. The molecule has 1 aromatic carbocycles. The number of hydrogen-bond donors (Lipinski definition) is 3. The third-order valence-corrected chi connectivity index (χ3v) is 6.25. The number of carboxylic acid groups (broad SMARTS) is 1. The fourth-order valence-corrected chi connectivity index (χ4v) is 4.25. The van der Waals surface area contributed by atoms with E-state index in [1.54, 1.807) is 18.6 Å². The number of methoxy groups -OCH3 is 1. The number of imidazole rings is 1. The number of nitrogens with one attached hydrogen (secondary N) is 2. The fourth-order valence-electron chi connectivity index (χ4n) is 3.64. The lowest BCUT2D eigenvalue weighted by atomic mass is 10.2. The van der Waals surface area contributed by atoms with E-state index in [1.807, 2.05) is 36.2 Å². The van der Waals surface area contributed by atoms with Crippen LogP contribution < -0.4 is 20.3 Å². The van der Waals surface area contributed by atoms with E-state index in [9.17, 15) is 14.7 Å². The first-order valence-corrected chi connectivity index (χ1v) is 11.7. The van der Waals surface area contributed by atoms with E-state index >= 15 is 0 Å². The van der Waals surface area contributed by atoms with Crippen LogP contribution in [-0.4, -0.2) is 56.2 Å². The van der Waals surface area contributed by atoms with Crippen LogP contribution >= 0.6 is 11.5 Å². The number of carbonyl (C=O) groups is 2. The van der Waals surface area contributed by atoms with Crippen molar-refractivity contribution < 1.29 is 19.4 Å². The normalized spacial score (nSPS) is 13.0. The Kier molecular flexibility index (Phi) is 5.95. The largest absolute Gasteiger partial charge is 0.497 e. The smallest absolute Gasteiger partial charge is 0.357 e. The zero-order valence-corrected chi connectivity index (χ0v) is 19.9. The zero-order valence-electron chi connectivity index (χ0n) is 19.1. The third-order valence-electron chi connectivity index (χ3n) is 5.62. The van der Waals surface area contributed by atoms with E-state index in [1.165, 1.54) is 10.7 Å². The highest BCUT2D eigenvalue weighted by molar-refractivity contribution is 7.04.